The van der Waals surface area contributed by atoms with Crippen LogP contribution in [0.25, 0.3) is 0 Å². The minimum absolute atomic E-state index is 0.158. The number of ether oxygens (including phenoxy) is 1. The molecule has 3 nitrogen and oxygen atoms in total. The Hall–Kier alpha value is -2.46. The number of carbonyl (C=O) groups is 1. The summed E-state index contributed by atoms with van der Waals surface area (Å²) in [6, 6.07) is 14.2. The topological polar surface area (TPSA) is 38.7 Å². The van der Waals surface area contributed by atoms with Gasteiger partial charge in [-0.15, -0.1) is 0 Å². The number of nitrogens with zero attached hydrogens (tertiary/aromatic N) is 1. The fraction of sp³-hybridized carbons (Fsp3) is 0.111. The molecule has 0 radical (unpaired) electrons. The van der Waals surface area contributed by atoms with Crippen LogP contribution in [0.3, 0.4) is 0 Å². The van der Waals surface area contributed by atoms with Gasteiger partial charge in [0.1, 0.15) is 23.9 Å². The van der Waals surface area contributed by atoms with Crippen LogP contribution in [-0.2, 0) is 11.4 Å². The molecule has 3 rings (SSSR count). The Balaban J connectivity index is 1.73. The molecule has 0 bridgehead atoms. The van der Waals surface area contributed by atoms with E-state index in [9.17, 15) is 9.18 Å². The Kier molecular flexibility index (Phi) is 4.53. The fourth-order valence-electron chi connectivity index (χ4n) is 2.29. The van der Waals surface area contributed by atoms with Crippen molar-refractivity contribution in [2.75, 3.05) is 0 Å². The van der Waals surface area contributed by atoms with Crippen molar-refractivity contribution in [2.45, 2.75) is 13.0 Å². The Morgan fingerprint density at radius 1 is 1.22 bits per heavy atom. The number of halogens is 2. The minimum atomic E-state index is -0.453. The third-order valence-electron chi connectivity index (χ3n) is 3.47. The van der Waals surface area contributed by atoms with Crippen LogP contribution >= 0.6 is 11.6 Å². The average molecular weight is 330 g/mol. The molecular weight excluding hydrogens is 317 g/mol. The molecule has 116 valence electrons. The maximum Gasteiger partial charge on any atom is 0.169 e. The molecule has 5 heteroatoms. The van der Waals surface area contributed by atoms with Crippen molar-refractivity contribution < 1.29 is 13.9 Å². The summed E-state index contributed by atoms with van der Waals surface area (Å²) < 4.78 is 19.9. The second-order valence-electron chi connectivity index (χ2n) is 5.06. The molecular formula is C18H13ClFNO2. The molecule has 1 aliphatic heterocycles. The van der Waals surface area contributed by atoms with Gasteiger partial charge < -0.3 is 4.74 Å². The zero-order chi connectivity index (χ0) is 16.2. The van der Waals surface area contributed by atoms with Gasteiger partial charge >= 0.3 is 0 Å². The molecule has 2 aromatic rings. The van der Waals surface area contributed by atoms with Crippen molar-refractivity contribution in [3.63, 3.8) is 0 Å². The Bertz CT molecular complexity index is 800. The normalized spacial score (nSPS) is 13.9. The van der Waals surface area contributed by atoms with Crippen LogP contribution in [0, 0.1) is 5.82 Å². The molecule has 0 saturated heterocycles. The zero-order valence-electron chi connectivity index (χ0n) is 12.1. The van der Waals surface area contributed by atoms with Gasteiger partial charge in [-0.3, -0.25) is 4.79 Å². The first-order valence-electron chi connectivity index (χ1n) is 7.05. The summed E-state index contributed by atoms with van der Waals surface area (Å²) in [5, 5.41) is 0.332. The highest BCUT2D eigenvalue weighted by Crippen LogP contribution is 2.27. The molecule has 0 amide bonds. The van der Waals surface area contributed by atoms with Crippen molar-refractivity contribution in [3.05, 3.63) is 76.2 Å². The number of aldehydes is 1. The number of rotatable bonds is 5. The van der Waals surface area contributed by atoms with Crippen LogP contribution in [0.1, 0.15) is 17.5 Å². The average Bonchev–Trinajstić information content (AvgIpc) is 2.94. The standard InChI is InChI=1S/C18H13ClFNO2/c19-15-9-17(21-18(15)10-22)14-7-6-13(8-16(14)20)23-11-12-4-2-1-3-5-12/h1-8,10H,9,11H2. The summed E-state index contributed by atoms with van der Waals surface area (Å²) in [5.41, 5.74) is 1.94. The first kappa shape index (κ1) is 15.4. The van der Waals surface area contributed by atoms with Crippen LogP contribution in [-0.4, -0.2) is 12.0 Å². The number of allylic oxidation sites excluding steroid dienone is 2. The molecule has 0 unspecified atom stereocenters. The smallest absolute Gasteiger partial charge is 0.169 e. The lowest BCUT2D eigenvalue weighted by Gasteiger charge is -2.09. The second kappa shape index (κ2) is 6.75. The van der Waals surface area contributed by atoms with Crippen molar-refractivity contribution in [2.24, 2.45) is 4.99 Å². The van der Waals surface area contributed by atoms with Crippen LogP contribution in [0.2, 0.25) is 0 Å². The first-order chi connectivity index (χ1) is 11.2. The highest BCUT2D eigenvalue weighted by Gasteiger charge is 2.20. The molecule has 0 N–H and O–H groups in total. The maximum absolute atomic E-state index is 14.3. The Morgan fingerprint density at radius 2 is 2.00 bits per heavy atom. The third kappa shape index (κ3) is 3.48. The van der Waals surface area contributed by atoms with Crippen molar-refractivity contribution in [3.8, 4) is 5.75 Å². The number of carbonyl (C=O) groups excluding carboxylic acids is 1. The monoisotopic (exact) mass is 329 g/mol. The fourth-order valence-corrected chi connectivity index (χ4v) is 2.50. The van der Waals surface area contributed by atoms with Gasteiger partial charge in [-0.05, 0) is 17.7 Å². The summed E-state index contributed by atoms with van der Waals surface area (Å²) in [6.45, 7) is 0.364. The van der Waals surface area contributed by atoms with Gasteiger partial charge in [-0.2, -0.15) is 0 Å². The van der Waals surface area contributed by atoms with Crippen molar-refractivity contribution in [1.82, 2.24) is 0 Å². The first-order valence-corrected chi connectivity index (χ1v) is 7.43. The van der Waals surface area contributed by atoms with Gasteiger partial charge in [0.2, 0.25) is 0 Å². The summed E-state index contributed by atoms with van der Waals surface area (Å²) in [4.78, 5) is 14.8. The maximum atomic E-state index is 14.3. The lowest BCUT2D eigenvalue weighted by atomic mass is 10.1. The van der Waals surface area contributed by atoms with E-state index in [2.05, 4.69) is 4.99 Å². The van der Waals surface area contributed by atoms with Crippen molar-refractivity contribution in [1.29, 1.82) is 0 Å². The van der Waals surface area contributed by atoms with E-state index in [-0.39, 0.29) is 12.1 Å². The molecule has 0 saturated carbocycles. The predicted octanol–water partition coefficient (Wildman–Crippen LogP) is 4.25. The van der Waals surface area contributed by atoms with E-state index in [1.54, 1.807) is 12.1 Å². The summed E-state index contributed by atoms with van der Waals surface area (Å²) in [7, 11) is 0. The van der Waals surface area contributed by atoms with Gasteiger partial charge in [0.15, 0.2) is 6.29 Å². The van der Waals surface area contributed by atoms with E-state index in [1.807, 2.05) is 30.3 Å². The van der Waals surface area contributed by atoms with Crippen LogP contribution in [0.15, 0.2) is 64.3 Å². The summed E-state index contributed by atoms with van der Waals surface area (Å²) in [5.74, 6) is -0.0192. The van der Waals surface area contributed by atoms with Crippen LogP contribution in [0.5, 0.6) is 5.75 Å². The molecule has 0 aliphatic carbocycles. The number of aliphatic imine (C=N–C) groups is 1. The minimum Gasteiger partial charge on any atom is -0.489 e. The molecule has 0 fully saturated rings. The van der Waals surface area contributed by atoms with Crippen LogP contribution in [0.4, 0.5) is 4.39 Å². The van der Waals surface area contributed by atoms with Crippen LogP contribution < -0.4 is 4.74 Å². The number of hydrogen-bond acceptors (Lipinski definition) is 3. The third-order valence-corrected chi connectivity index (χ3v) is 3.79. The van der Waals surface area contributed by atoms with Gasteiger partial charge in [0, 0.05) is 18.1 Å². The molecule has 1 aliphatic rings. The highest BCUT2D eigenvalue weighted by atomic mass is 35.5. The highest BCUT2D eigenvalue weighted by molar-refractivity contribution is 6.34. The molecule has 0 atom stereocenters. The van der Waals surface area contributed by atoms with Gasteiger partial charge in [-0.1, -0.05) is 41.9 Å². The summed E-state index contributed by atoms with van der Waals surface area (Å²) >= 11 is 5.91. The van der Waals surface area contributed by atoms with Gasteiger partial charge in [0.05, 0.1) is 10.7 Å². The molecule has 0 aromatic heterocycles. The molecule has 0 spiro atoms. The lowest BCUT2D eigenvalue weighted by Crippen LogP contribution is -2.02. The Morgan fingerprint density at radius 3 is 2.65 bits per heavy atom. The van der Waals surface area contributed by atoms with E-state index in [0.717, 1.165) is 5.56 Å². The zero-order valence-corrected chi connectivity index (χ0v) is 12.9. The number of hydrogen-bond donors (Lipinski definition) is 0. The quantitative estimate of drug-likeness (QED) is 0.769. The largest absolute Gasteiger partial charge is 0.489 e. The molecule has 23 heavy (non-hydrogen) atoms. The SMILES string of the molecule is O=CC1=C(Cl)CC(c2ccc(OCc3ccccc3)cc2F)=N1. The van der Waals surface area contributed by atoms with Gasteiger partial charge in [0.25, 0.3) is 0 Å². The lowest BCUT2D eigenvalue weighted by molar-refractivity contribution is -0.104. The predicted molar refractivity (Wildman–Crippen MR) is 87.3 cm³/mol. The van der Waals surface area contributed by atoms with E-state index in [1.165, 1.54) is 6.07 Å². The Labute approximate surface area is 138 Å². The molecule has 1 heterocycles. The molecule has 2 aromatic carbocycles. The van der Waals surface area contributed by atoms with E-state index in [0.29, 0.717) is 34.9 Å². The van der Waals surface area contributed by atoms with E-state index in [4.69, 9.17) is 16.3 Å². The summed E-state index contributed by atoms with van der Waals surface area (Å²) in [6.07, 6.45) is 0.835. The van der Waals surface area contributed by atoms with E-state index < -0.39 is 5.82 Å². The van der Waals surface area contributed by atoms with Gasteiger partial charge in [-0.25, -0.2) is 9.38 Å². The van der Waals surface area contributed by atoms with E-state index >= 15 is 0 Å². The second-order valence-corrected chi connectivity index (χ2v) is 5.52. The number of benzene rings is 2. The van der Waals surface area contributed by atoms with Crippen molar-refractivity contribution >= 4 is 23.6 Å².